The third-order valence-electron chi connectivity index (χ3n) is 4.10. The van der Waals surface area contributed by atoms with Crippen molar-refractivity contribution in [2.24, 2.45) is 11.3 Å². The van der Waals surface area contributed by atoms with E-state index in [1.165, 1.54) is 18.4 Å². The predicted octanol–water partition coefficient (Wildman–Crippen LogP) is 3.59. The van der Waals surface area contributed by atoms with Crippen LogP contribution in [0.3, 0.4) is 0 Å². The van der Waals surface area contributed by atoms with Crippen molar-refractivity contribution in [1.29, 1.82) is 0 Å². The summed E-state index contributed by atoms with van der Waals surface area (Å²) in [7, 11) is 0. The highest BCUT2D eigenvalue weighted by molar-refractivity contribution is 5.26. The molecule has 0 amide bonds. The van der Waals surface area contributed by atoms with E-state index in [4.69, 9.17) is 0 Å². The number of aliphatic hydroxyl groups is 1. The number of aliphatic hydroxyl groups excluding tert-OH is 1. The fraction of sp³-hybridized carbons (Fsp3) is 0.600. The van der Waals surface area contributed by atoms with Gasteiger partial charge in [0.15, 0.2) is 0 Å². The first kappa shape index (κ1) is 11.7. The lowest BCUT2D eigenvalue weighted by molar-refractivity contribution is 0.0790. The Morgan fingerprint density at radius 3 is 2.00 bits per heavy atom. The van der Waals surface area contributed by atoms with E-state index in [0.717, 1.165) is 0 Å². The highest BCUT2D eigenvalue weighted by Crippen LogP contribution is 2.60. The van der Waals surface area contributed by atoms with Crippen molar-refractivity contribution < 1.29 is 5.11 Å². The molecule has 0 aromatic heterocycles. The van der Waals surface area contributed by atoms with E-state index in [1.54, 1.807) is 0 Å². The number of hydrogen-bond acceptors (Lipinski definition) is 1. The monoisotopic (exact) mass is 218 g/mol. The van der Waals surface area contributed by atoms with Crippen LogP contribution in [-0.2, 0) is 0 Å². The van der Waals surface area contributed by atoms with E-state index in [0.29, 0.717) is 11.8 Å². The molecule has 0 aliphatic heterocycles. The average Bonchev–Trinajstić information content (AvgIpc) is 3.00. The van der Waals surface area contributed by atoms with Crippen LogP contribution in [0.1, 0.15) is 45.1 Å². The van der Waals surface area contributed by atoms with Gasteiger partial charge in [0.1, 0.15) is 0 Å². The smallest absolute Gasteiger partial charge is 0.0574 e. The Kier molecular flexibility index (Phi) is 3.07. The van der Waals surface area contributed by atoms with Crippen LogP contribution in [0.4, 0.5) is 0 Å². The standard InChI is InChI=1S/C15H22O/c1-11(2)14(13-7-5-4-6-8-13)15(9-10-15)12(3)16/h4-8,11-12,14,16H,9-10H2,1-3H3. The Morgan fingerprint density at radius 2 is 1.62 bits per heavy atom. The Morgan fingerprint density at radius 1 is 1.06 bits per heavy atom. The molecule has 0 bridgehead atoms. The summed E-state index contributed by atoms with van der Waals surface area (Å²) >= 11 is 0. The van der Waals surface area contributed by atoms with Gasteiger partial charge in [0.25, 0.3) is 0 Å². The minimum absolute atomic E-state index is 0.148. The zero-order valence-electron chi connectivity index (χ0n) is 10.5. The summed E-state index contributed by atoms with van der Waals surface area (Å²) < 4.78 is 0. The lowest BCUT2D eigenvalue weighted by Gasteiger charge is -2.33. The fourth-order valence-electron chi connectivity index (χ4n) is 3.17. The van der Waals surface area contributed by atoms with Gasteiger partial charge in [0.2, 0.25) is 0 Å². The maximum atomic E-state index is 10.0. The van der Waals surface area contributed by atoms with Gasteiger partial charge in [0, 0.05) is 5.41 Å². The maximum absolute atomic E-state index is 10.0. The Balaban J connectivity index is 2.32. The van der Waals surface area contributed by atoms with E-state index in [9.17, 15) is 5.11 Å². The largest absolute Gasteiger partial charge is 0.393 e. The number of benzene rings is 1. The molecule has 1 aliphatic rings. The molecule has 0 spiro atoms. The molecule has 2 unspecified atom stereocenters. The highest BCUT2D eigenvalue weighted by Gasteiger charge is 2.53. The molecular weight excluding hydrogens is 196 g/mol. The molecule has 1 aliphatic carbocycles. The molecular formula is C15H22O. The average molecular weight is 218 g/mol. The summed E-state index contributed by atoms with van der Waals surface area (Å²) in [5, 5.41) is 10.0. The van der Waals surface area contributed by atoms with Crippen molar-refractivity contribution in [3.8, 4) is 0 Å². The fourth-order valence-corrected chi connectivity index (χ4v) is 3.17. The van der Waals surface area contributed by atoms with Gasteiger partial charge in [0.05, 0.1) is 6.10 Å². The summed E-state index contributed by atoms with van der Waals surface area (Å²) in [6.45, 7) is 6.48. The van der Waals surface area contributed by atoms with Crippen LogP contribution in [0, 0.1) is 11.3 Å². The van der Waals surface area contributed by atoms with Gasteiger partial charge in [-0.2, -0.15) is 0 Å². The normalized spacial score (nSPS) is 21.8. The molecule has 2 rings (SSSR count). The maximum Gasteiger partial charge on any atom is 0.0574 e. The van der Waals surface area contributed by atoms with Gasteiger partial charge in [-0.1, -0.05) is 44.2 Å². The van der Waals surface area contributed by atoms with E-state index in [1.807, 2.05) is 6.92 Å². The second kappa shape index (κ2) is 4.21. The van der Waals surface area contributed by atoms with Crippen molar-refractivity contribution in [3.05, 3.63) is 35.9 Å². The quantitative estimate of drug-likeness (QED) is 0.819. The van der Waals surface area contributed by atoms with Gasteiger partial charge >= 0.3 is 0 Å². The zero-order chi connectivity index (χ0) is 11.8. The first-order valence-electron chi connectivity index (χ1n) is 6.31. The van der Waals surface area contributed by atoms with Crippen molar-refractivity contribution in [2.45, 2.75) is 45.6 Å². The van der Waals surface area contributed by atoms with E-state index < -0.39 is 0 Å². The van der Waals surface area contributed by atoms with Crippen LogP contribution in [0.5, 0.6) is 0 Å². The van der Waals surface area contributed by atoms with Crippen molar-refractivity contribution in [2.75, 3.05) is 0 Å². The van der Waals surface area contributed by atoms with E-state index in [2.05, 4.69) is 44.2 Å². The van der Waals surface area contributed by atoms with Crippen LogP contribution < -0.4 is 0 Å². The number of hydrogen-bond donors (Lipinski definition) is 1. The second-order valence-electron chi connectivity index (χ2n) is 5.54. The van der Waals surface area contributed by atoms with Crippen molar-refractivity contribution in [1.82, 2.24) is 0 Å². The predicted molar refractivity (Wildman–Crippen MR) is 67.4 cm³/mol. The molecule has 1 N–H and O–H groups in total. The summed E-state index contributed by atoms with van der Waals surface area (Å²) in [6.07, 6.45) is 2.14. The number of rotatable bonds is 4. The molecule has 0 radical (unpaired) electrons. The molecule has 88 valence electrons. The first-order valence-corrected chi connectivity index (χ1v) is 6.31. The molecule has 2 atom stereocenters. The third kappa shape index (κ3) is 1.89. The minimum atomic E-state index is -0.194. The summed E-state index contributed by atoms with van der Waals surface area (Å²) in [6, 6.07) is 10.7. The van der Waals surface area contributed by atoms with Crippen molar-refractivity contribution >= 4 is 0 Å². The SMILES string of the molecule is CC(C)C(c1ccccc1)C1(C(C)O)CC1. The van der Waals surface area contributed by atoms with Crippen LogP contribution in [-0.4, -0.2) is 11.2 Å². The van der Waals surface area contributed by atoms with Crippen LogP contribution in [0.25, 0.3) is 0 Å². The molecule has 1 aromatic carbocycles. The first-order chi connectivity index (χ1) is 7.58. The molecule has 1 heteroatoms. The van der Waals surface area contributed by atoms with Crippen molar-refractivity contribution in [3.63, 3.8) is 0 Å². The third-order valence-corrected chi connectivity index (χ3v) is 4.10. The summed E-state index contributed by atoms with van der Waals surface area (Å²) in [4.78, 5) is 0. The van der Waals surface area contributed by atoms with Gasteiger partial charge < -0.3 is 5.11 Å². The second-order valence-corrected chi connectivity index (χ2v) is 5.54. The summed E-state index contributed by atoms with van der Waals surface area (Å²) in [5.74, 6) is 1.08. The van der Waals surface area contributed by atoms with Crippen LogP contribution in [0.15, 0.2) is 30.3 Å². The van der Waals surface area contributed by atoms with Gasteiger partial charge in [-0.3, -0.25) is 0 Å². The Hall–Kier alpha value is -0.820. The molecule has 1 fully saturated rings. The Bertz CT molecular complexity index is 336. The Labute approximate surface area is 98.5 Å². The van der Waals surface area contributed by atoms with Gasteiger partial charge in [-0.05, 0) is 37.2 Å². The van der Waals surface area contributed by atoms with Crippen LogP contribution >= 0.6 is 0 Å². The lowest BCUT2D eigenvalue weighted by atomic mass is 9.73. The minimum Gasteiger partial charge on any atom is -0.393 e. The molecule has 16 heavy (non-hydrogen) atoms. The van der Waals surface area contributed by atoms with Gasteiger partial charge in [-0.15, -0.1) is 0 Å². The lowest BCUT2D eigenvalue weighted by Crippen LogP contribution is -2.29. The zero-order valence-corrected chi connectivity index (χ0v) is 10.5. The molecule has 1 aromatic rings. The van der Waals surface area contributed by atoms with Gasteiger partial charge in [-0.25, -0.2) is 0 Å². The topological polar surface area (TPSA) is 20.2 Å². The highest BCUT2D eigenvalue weighted by atomic mass is 16.3. The van der Waals surface area contributed by atoms with E-state index in [-0.39, 0.29) is 11.5 Å². The molecule has 0 heterocycles. The molecule has 1 saturated carbocycles. The van der Waals surface area contributed by atoms with E-state index >= 15 is 0 Å². The van der Waals surface area contributed by atoms with Crippen LogP contribution in [0.2, 0.25) is 0 Å². The molecule has 1 nitrogen and oxygen atoms in total. The molecule has 0 saturated heterocycles. The summed E-state index contributed by atoms with van der Waals surface area (Å²) in [5.41, 5.74) is 1.53.